The minimum atomic E-state index is -0.216. The average molecular weight is 140 g/mol. The molecule has 1 rings (SSSR count). The van der Waals surface area contributed by atoms with Crippen molar-refractivity contribution in [1.29, 1.82) is 0 Å². The van der Waals surface area contributed by atoms with E-state index in [2.05, 4.69) is 0 Å². The molecule has 1 N–H and O–H groups in total. The van der Waals surface area contributed by atoms with E-state index in [0.717, 1.165) is 25.7 Å². The Balaban J connectivity index is 2.33. The van der Waals surface area contributed by atoms with Crippen LogP contribution in [0.25, 0.3) is 0 Å². The zero-order chi connectivity index (χ0) is 7.56. The molecule has 0 bridgehead atoms. The van der Waals surface area contributed by atoms with Gasteiger partial charge in [0.25, 0.3) is 0 Å². The summed E-state index contributed by atoms with van der Waals surface area (Å²) in [6.07, 6.45) is 2.78. The Morgan fingerprint density at radius 2 is 1.80 bits per heavy atom. The first-order valence-corrected chi connectivity index (χ1v) is 3.67. The summed E-state index contributed by atoms with van der Waals surface area (Å²) in [6.45, 7) is 5.09. The van der Waals surface area contributed by atoms with Gasteiger partial charge in [-0.3, -0.25) is 4.79 Å². The lowest BCUT2D eigenvalue weighted by Crippen LogP contribution is -2.22. The molecule has 1 fully saturated rings. The van der Waals surface area contributed by atoms with Crippen molar-refractivity contribution in [2.24, 2.45) is 5.92 Å². The summed E-state index contributed by atoms with van der Waals surface area (Å²) in [7, 11) is 0. The van der Waals surface area contributed by atoms with Crippen molar-refractivity contribution in [3.05, 3.63) is 6.92 Å². The predicted octanol–water partition coefficient (Wildman–Crippen LogP) is 0.818. The number of rotatable bonds is 1. The van der Waals surface area contributed by atoms with Gasteiger partial charge in [0.15, 0.2) is 0 Å². The van der Waals surface area contributed by atoms with E-state index in [1.165, 1.54) is 0 Å². The van der Waals surface area contributed by atoms with Crippen LogP contribution in [0.15, 0.2) is 0 Å². The predicted molar refractivity (Wildman–Crippen MR) is 37.3 cm³/mol. The molecule has 0 saturated heterocycles. The van der Waals surface area contributed by atoms with E-state index < -0.39 is 0 Å². The maximum absolute atomic E-state index is 10.6. The second-order valence-electron chi connectivity index (χ2n) is 2.91. The normalized spacial score (nSPS) is 33.8. The van der Waals surface area contributed by atoms with Gasteiger partial charge in [0, 0.05) is 12.8 Å². The number of Topliss-reactive ketones (excluding diaryl/α,β-unsaturated/α-hetero) is 1. The highest BCUT2D eigenvalue weighted by atomic mass is 16.3. The standard InChI is InChI=1S/C8H12O2/c1-6(9)7-2-4-8(10)5-3-7/h1,7-8,10H,2-5H2. The van der Waals surface area contributed by atoms with Crippen LogP contribution in [0.3, 0.4) is 0 Å². The second kappa shape index (κ2) is 3.15. The van der Waals surface area contributed by atoms with Crippen LogP contribution < -0.4 is 0 Å². The molecule has 10 heavy (non-hydrogen) atoms. The number of hydrogen-bond donors (Lipinski definition) is 1. The van der Waals surface area contributed by atoms with Crippen molar-refractivity contribution < 1.29 is 9.90 Å². The minimum Gasteiger partial charge on any atom is -0.393 e. The van der Waals surface area contributed by atoms with Gasteiger partial charge < -0.3 is 5.11 Å². The fraction of sp³-hybridized carbons (Fsp3) is 0.750. The Morgan fingerprint density at radius 1 is 1.30 bits per heavy atom. The van der Waals surface area contributed by atoms with Gasteiger partial charge in [-0.2, -0.15) is 0 Å². The number of aliphatic hydroxyl groups excluding tert-OH is 1. The molecule has 0 atom stereocenters. The summed E-state index contributed by atoms with van der Waals surface area (Å²) in [5, 5.41) is 9.06. The van der Waals surface area contributed by atoms with Crippen LogP contribution in [-0.4, -0.2) is 17.0 Å². The van der Waals surface area contributed by atoms with E-state index >= 15 is 0 Å². The molecule has 0 spiro atoms. The molecule has 0 unspecified atom stereocenters. The summed E-state index contributed by atoms with van der Waals surface area (Å²) >= 11 is 0. The van der Waals surface area contributed by atoms with Crippen molar-refractivity contribution in [2.45, 2.75) is 31.8 Å². The Morgan fingerprint density at radius 3 is 2.20 bits per heavy atom. The van der Waals surface area contributed by atoms with Gasteiger partial charge in [-0.15, -0.1) is 0 Å². The molecule has 2 nitrogen and oxygen atoms in total. The van der Waals surface area contributed by atoms with Crippen molar-refractivity contribution in [3.8, 4) is 0 Å². The molecule has 56 valence electrons. The molecule has 1 aliphatic carbocycles. The van der Waals surface area contributed by atoms with Gasteiger partial charge in [-0.1, -0.05) is 0 Å². The highest BCUT2D eigenvalue weighted by Gasteiger charge is 2.22. The van der Waals surface area contributed by atoms with Crippen LogP contribution in [0.4, 0.5) is 0 Å². The highest BCUT2D eigenvalue weighted by molar-refractivity contribution is 5.84. The number of ketones is 1. The van der Waals surface area contributed by atoms with Gasteiger partial charge in [0.2, 0.25) is 0 Å². The third-order valence-electron chi connectivity index (χ3n) is 2.10. The summed E-state index contributed by atoms with van der Waals surface area (Å²) < 4.78 is 0. The molecule has 0 aromatic carbocycles. The molecule has 2 radical (unpaired) electrons. The molecular weight excluding hydrogens is 128 g/mol. The van der Waals surface area contributed by atoms with Crippen LogP contribution >= 0.6 is 0 Å². The Hall–Kier alpha value is -0.370. The number of carbonyl (C=O) groups excluding carboxylic acids is 1. The van der Waals surface area contributed by atoms with Gasteiger partial charge >= 0.3 is 0 Å². The summed E-state index contributed by atoms with van der Waals surface area (Å²) in [6, 6.07) is 0. The second-order valence-corrected chi connectivity index (χ2v) is 2.91. The Kier molecular flexibility index (Phi) is 2.44. The first-order chi connectivity index (χ1) is 4.70. The number of aliphatic hydroxyl groups is 1. The number of carbonyl (C=O) groups is 1. The monoisotopic (exact) mass is 140 g/mol. The van der Waals surface area contributed by atoms with E-state index in [4.69, 9.17) is 12.0 Å². The topological polar surface area (TPSA) is 37.3 Å². The first kappa shape index (κ1) is 7.73. The van der Waals surface area contributed by atoms with Gasteiger partial charge in [-0.25, -0.2) is 0 Å². The summed E-state index contributed by atoms with van der Waals surface area (Å²) in [5.74, 6) is -0.199. The summed E-state index contributed by atoms with van der Waals surface area (Å²) in [5.41, 5.74) is 0. The SMILES string of the molecule is [CH]C(=O)C1CCC(O)CC1. The Labute approximate surface area is 61.2 Å². The molecule has 1 aliphatic rings. The first-order valence-electron chi connectivity index (χ1n) is 3.67. The third kappa shape index (κ3) is 1.81. The molecule has 1 saturated carbocycles. The molecule has 0 heterocycles. The molecule has 0 aromatic heterocycles. The zero-order valence-corrected chi connectivity index (χ0v) is 5.92. The van der Waals surface area contributed by atoms with E-state index in [0.29, 0.717) is 0 Å². The van der Waals surface area contributed by atoms with E-state index in [1.807, 2.05) is 0 Å². The minimum absolute atomic E-state index is 0.0170. The van der Waals surface area contributed by atoms with Crippen molar-refractivity contribution >= 4 is 5.78 Å². The lowest BCUT2D eigenvalue weighted by molar-refractivity contribution is -0.119. The van der Waals surface area contributed by atoms with Crippen LogP contribution in [0.5, 0.6) is 0 Å². The Bertz CT molecular complexity index is 123. The highest BCUT2D eigenvalue weighted by Crippen LogP contribution is 2.24. The van der Waals surface area contributed by atoms with Crippen LogP contribution in [0.2, 0.25) is 0 Å². The molecule has 0 aliphatic heterocycles. The lowest BCUT2D eigenvalue weighted by Gasteiger charge is -2.22. The maximum atomic E-state index is 10.6. The lowest BCUT2D eigenvalue weighted by atomic mass is 9.85. The van der Waals surface area contributed by atoms with Crippen LogP contribution in [0, 0.1) is 12.8 Å². The van der Waals surface area contributed by atoms with Gasteiger partial charge in [0.1, 0.15) is 5.78 Å². The number of hydrogen-bond acceptors (Lipinski definition) is 2. The van der Waals surface area contributed by atoms with Gasteiger partial charge in [-0.05, 0) is 25.7 Å². The molecular formula is C8H12O2. The third-order valence-corrected chi connectivity index (χ3v) is 2.10. The zero-order valence-electron chi connectivity index (χ0n) is 5.92. The quantitative estimate of drug-likeness (QED) is 0.585. The van der Waals surface area contributed by atoms with Gasteiger partial charge in [0.05, 0.1) is 6.10 Å². The summed E-state index contributed by atoms with van der Waals surface area (Å²) in [4.78, 5) is 10.6. The van der Waals surface area contributed by atoms with E-state index in [1.54, 1.807) is 0 Å². The van der Waals surface area contributed by atoms with Crippen molar-refractivity contribution in [1.82, 2.24) is 0 Å². The smallest absolute Gasteiger partial charge is 0.140 e. The maximum Gasteiger partial charge on any atom is 0.140 e. The average Bonchev–Trinajstić information content (AvgIpc) is 1.88. The van der Waals surface area contributed by atoms with Crippen LogP contribution in [0.1, 0.15) is 25.7 Å². The van der Waals surface area contributed by atoms with E-state index in [9.17, 15) is 4.79 Å². The molecule has 2 heteroatoms. The largest absolute Gasteiger partial charge is 0.393 e. The van der Waals surface area contributed by atoms with Crippen LogP contribution in [-0.2, 0) is 4.79 Å². The van der Waals surface area contributed by atoms with Crippen molar-refractivity contribution in [3.63, 3.8) is 0 Å². The van der Waals surface area contributed by atoms with E-state index in [-0.39, 0.29) is 17.8 Å². The van der Waals surface area contributed by atoms with Crippen molar-refractivity contribution in [2.75, 3.05) is 0 Å². The molecule has 0 amide bonds. The molecule has 0 aromatic rings. The fourth-order valence-electron chi connectivity index (χ4n) is 1.36. The fourth-order valence-corrected chi connectivity index (χ4v) is 1.36.